The van der Waals surface area contributed by atoms with Crippen LogP contribution in [-0.2, 0) is 17.3 Å². The maximum absolute atomic E-state index is 13.5. The number of aryl methyl sites for hydroxylation is 1. The van der Waals surface area contributed by atoms with E-state index in [1.165, 1.54) is 12.1 Å². The van der Waals surface area contributed by atoms with Gasteiger partial charge in [0, 0.05) is 7.05 Å². The summed E-state index contributed by atoms with van der Waals surface area (Å²) < 4.78 is 16.1. The lowest BCUT2D eigenvalue weighted by atomic mass is 9.98. The van der Waals surface area contributed by atoms with Gasteiger partial charge in [0.2, 0.25) is 5.91 Å². The summed E-state index contributed by atoms with van der Waals surface area (Å²) in [6, 6.07) is 4.60. The van der Waals surface area contributed by atoms with Crippen LogP contribution >= 0.6 is 22.6 Å². The molecule has 2 heterocycles. The van der Waals surface area contributed by atoms with Gasteiger partial charge in [-0.05, 0) is 59.2 Å². The minimum absolute atomic E-state index is 0.0413. The van der Waals surface area contributed by atoms with Gasteiger partial charge in [-0.3, -0.25) is 14.4 Å². The van der Waals surface area contributed by atoms with Crippen LogP contribution in [0.25, 0.3) is 0 Å². The normalized spacial score (nSPS) is 18.8. The molecule has 2 aliphatic rings. The first-order valence-electron chi connectivity index (χ1n) is 6.37. The number of rotatable bonds is 1. The van der Waals surface area contributed by atoms with Gasteiger partial charge in [-0.1, -0.05) is 0 Å². The average Bonchev–Trinajstić information content (AvgIpc) is 3.12. The van der Waals surface area contributed by atoms with Gasteiger partial charge in [-0.15, -0.1) is 0 Å². The first kappa shape index (κ1) is 12.3. The topological polar surface area (TPSA) is 38.1 Å². The Morgan fingerprint density at radius 1 is 1.40 bits per heavy atom. The molecule has 4 rings (SSSR count). The molecule has 1 saturated carbocycles. The van der Waals surface area contributed by atoms with E-state index in [1.54, 1.807) is 21.8 Å². The summed E-state index contributed by atoms with van der Waals surface area (Å²) in [6.45, 7) is 0. The molecule has 0 bridgehead atoms. The quantitative estimate of drug-likeness (QED) is 0.711. The van der Waals surface area contributed by atoms with Crippen LogP contribution in [0, 0.1) is 9.39 Å². The highest BCUT2D eigenvalue weighted by Crippen LogP contribution is 2.59. The fourth-order valence-electron chi connectivity index (χ4n) is 3.00. The highest BCUT2D eigenvalue weighted by atomic mass is 127. The van der Waals surface area contributed by atoms with E-state index in [4.69, 9.17) is 0 Å². The van der Waals surface area contributed by atoms with Gasteiger partial charge in [0.1, 0.15) is 5.82 Å². The van der Waals surface area contributed by atoms with E-state index in [0.717, 1.165) is 33.5 Å². The molecule has 0 unspecified atom stereocenters. The van der Waals surface area contributed by atoms with Crippen LogP contribution in [0.3, 0.4) is 0 Å². The molecule has 1 aromatic heterocycles. The molecule has 0 saturated heterocycles. The number of nitrogens with zero attached hydrogens (tertiary/aromatic N) is 3. The standard InChI is InChI=1S/C14H11FIN3O/c1-18-12(10(16)7-17-18)19-11-3-2-8(15)6-9(11)14(4-5-14)13(19)20/h2-3,6-7H,4-5H2,1H3. The lowest BCUT2D eigenvalue weighted by Gasteiger charge is -2.18. The molecule has 1 fully saturated rings. The minimum atomic E-state index is -0.495. The monoisotopic (exact) mass is 383 g/mol. The number of hydrogen-bond acceptors (Lipinski definition) is 2. The van der Waals surface area contributed by atoms with E-state index in [2.05, 4.69) is 27.7 Å². The van der Waals surface area contributed by atoms with Crippen molar-refractivity contribution in [3.63, 3.8) is 0 Å². The van der Waals surface area contributed by atoms with Gasteiger partial charge in [-0.25, -0.2) is 4.39 Å². The Bertz CT molecular complexity index is 731. The maximum Gasteiger partial charge on any atom is 0.243 e. The fourth-order valence-corrected chi connectivity index (χ4v) is 3.71. The molecule has 1 aromatic carbocycles. The zero-order valence-corrected chi connectivity index (χ0v) is 12.9. The van der Waals surface area contributed by atoms with Gasteiger partial charge in [0.15, 0.2) is 5.82 Å². The van der Waals surface area contributed by atoms with Gasteiger partial charge in [0.05, 0.1) is 20.9 Å². The van der Waals surface area contributed by atoms with Gasteiger partial charge in [-0.2, -0.15) is 5.10 Å². The van der Waals surface area contributed by atoms with Gasteiger partial charge < -0.3 is 0 Å². The van der Waals surface area contributed by atoms with Crippen LogP contribution in [0.5, 0.6) is 0 Å². The number of halogens is 2. The first-order valence-corrected chi connectivity index (χ1v) is 7.44. The predicted molar refractivity (Wildman–Crippen MR) is 80.4 cm³/mol. The molecule has 1 spiro atoms. The largest absolute Gasteiger partial charge is 0.273 e. The summed E-state index contributed by atoms with van der Waals surface area (Å²) >= 11 is 2.17. The van der Waals surface area contributed by atoms with E-state index >= 15 is 0 Å². The molecule has 1 aliphatic carbocycles. The highest BCUT2D eigenvalue weighted by Gasteiger charge is 2.60. The second-order valence-corrected chi connectivity index (χ2v) is 6.49. The summed E-state index contributed by atoms with van der Waals surface area (Å²) in [5, 5.41) is 4.20. The van der Waals surface area contributed by atoms with Crippen molar-refractivity contribution in [2.45, 2.75) is 18.3 Å². The van der Waals surface area contributed by atoms with E-state index in [9.17, 15) is 9.18 Å². The Balaban J connectivity index is 1.97. The summed E-state index contributed by atoms with van der Waals surface area (Å²) in [5.41, 5.74) is 1.11. The molecule has 102 valence electrons. The Morgan fingerprint density at radius 2 is 2.15 bits per heavy atom. The fraction of sp³-hybridized carbons (Fsp3) is 0.286. The second kappa shape index (κ2) is 3.81. The summed E-state index contributed by atoms with van der Waals surface area (Å²) in [5.74, 6) is 0.510. The molecule has 1 aliphatic heterocycles. The Labute approximate surface area is 128 Å². The van der Waals surface area contributed by atoms with Crippen LogP contribution in [0.15, 0.2) is 24.4 Å². The summed E-state index contributed by atoms with van der Waals surface area (Å²) in [4.78, 5) is 14.5. The predicted octanol–water partition coefficient (Wildman–Crippen LogP) is 2.87. The van der Waals surface area contributed by atoms with Crippen molar-refractivity contribution in [2.24, 2.45) is 7.05 Å². The number of amides is 1. The third-order valence-corrected chi connectivity index (χ3v) is 4.91. The number of hydrogen-bond donors (Lipinski definition) is 0. The van der Waals surface area contributed by atoms with Crippen LogP contribution < -0.4 is 4.90 Å². The zero-order valence-electron chi connectivity index (χ0n) is 10.7. The van der Waals surface area contributed by atoms with Crippen molar-refractivity contribution in [2.75, 3.05) is 4.90 Å². The Kier molecular flexibility index (Phi) is 2.34. The molecule has 1 amide bonds. The van der Waals surface area contributed by atoms with Crippen molar-refractivity contribution in [3.05, 3.63) is 39.3 Å². The number of carbonyl (C=O) groups is 1. The Hall–Kier alpha value is -1.44. The molecule has 20 heavy (non-hydrogen) atoms. The van der Waals surface area contributed by atoms with Crippen LogP contribution in [0.4, 0.5) is 15.9 Å². The number of carbonyl (C=O) groups excluding carboxylic acids is 1. The second-order valence-electron chi connectivity index (χ2n) is 5.32. The van der Waals surface area contributed by atoms with E-state index in [1.807, 2.05) is 7.05 Å². The molecule has 0 atom stereocenters. The van der Waals surface area contributed by atoms with Crippen molar-refractivity contribution in [3.8, 4) is 0 Å². The van der Waals surface area contributed by atoms with Crippen molar-refractivity contribution in [1.29, 1.82) is 0 Å². The van der Waals surface area contributed by atoms with Crippen LogP contribution in [0.1, 0.15) is 18.4 Å². The lowest BCUT2D eigenvalue weighted by molar-refractivity contribution is -0.119. The highest BCUT2D eigenvalue weighted by molar-refractivity contribution is 14.1. The van der Waals surface area contributed by atoms with Crippen molar-refractivity contribution >= 4 is 40.0 Å². The molecular formula is C14H11FIN3O. The molecule has 2 aromatic rings. The molecule has 0 radical (unpaired) electrons. The van der Waals surface area contributed by atoms with E-state index in [-0.39, 0.29) is 11.7 Å². The van der Waals surface area contributed by atoms with Crippen molar-refractivity contribution in [1.82, 2.24) is 9.78 Å². The summed E-state index contributed by atoms with van der Waals surface area (Å²) in [7, 11) is 1.81. The Morgan fingerprint density at radius 3 is 2.75 bits per heavy atom. The molecular weight excluding hydrogens is 372 g/mol. The summed E-state index contributed by atoms with van der Waals surface area (Å²) in [6.07, 6.45) is 3.32. The number of aromatic nitrogens is 2. The SMILES string of the molecule is Cn1ncc(I)c1N1C(=O)C2(CC2)c2cc(F)ccc21. The number of anilines is 2. The third-order valence-electron chi connectivity index (χ3n) is 4.15. The third kappa shape index (κ3) is 1.40. The van der Waals surface area contributed by atoms with Crippen LogP contribution in [-0.4, -0.2) is 15.7 Å². The van der Waals surface area contributed by atoms with E-state index in [0.29, 0.717) is 0 Å². The molecule has 4 nitrogen and oxygen atoms in total. The van der Waals surface area contributed by atoms with E-state index < -0.39 is 5.41 Å². The first-order chi connectivity index (χ1) is 9.54. The minimum Gasteiger partial charge on any atom is -0.273 e. The van der Waals surface area contributed by atoms with Gasteiger partial charge in [0.25, 0.3) is 0 Å². The smallest absolute Gasteiger partial charge is 0.243 e. The number of fused-ring (bicyclic) bond motifs is 2. The molecule has 0 N–H and O–H groups in total. The number of benzene rings is 1. The van der Waals surface area contributed by atoms with Gasteiger partial charge >= 0.3 is 0 Å². The lowest BCUT2D eigenvalue weighted by Crippen LogP contribution is -2.29. The van der Waals surface area contributed by atoms with Crippen LogP contribution in [0.2, 0.25) is 0 Å². The zero-order chi connectivity index (χ0) is 14.1. The molecule has 6 heteroatoms. The van der Waals surface area contributed by atoms with Crippen molar-refractivity contribution < 1.29 is 9.18 Å². The maximum atomic E-state index is 13.5. The average molecular weight is 383 g/mol.